The Balaban J connectivity index is 2.27. The summed E-state index contributed by atoms with van der Waals surface area (Å²) in [5.41, 5.74) is 1.13. The summed E-state index contributed by atoms with van der Waals surface area (Å²) in [5.74, 6) is -0.749. The Morgan fingerprint density at radius 1 is 0.897 bits per heavy atom. The number of ether oxygens (including phenoxy) is 1. The molecular weight excluding hydrogens is 364 g/mol. The summed E-state index contributed by atoms with van der Waals surface area (Å²) >= 11 is 0. The number of aliphatic hydroxyl groups excluding tert-OH is 1. The van der Waals surface area contributed by atoms with Gasteiger partial charge >= 0.3 is 5.97 Å². The third kappa shape index (κ3) is 15.2. The summed E-state index contributed by atoms with van der Waals surface area (Å²) in [6, 6.07) is 10.1. The topological polar surface area (TPSA) is 66.8 Å². The van der Waals surface area contributed by atoms with Gasteiger partial charge in [-0.3, -0.25) is 4.79 Å². The van der Waals surface area contributed by atoms with Crippen molar-refractivity contribution in [2.75, 3.05) is 0 Å². The van der Waals surface area contributed by atoms with Crippen LogP contribution in [0.2, 0.25) is 0 Å². The van der Waals surface area contributed by atoms with Gasteiger partial charge in [-0.15, -0.1) is 0 Å². The number of benzene rings is 1. The molecule has 0 fully saturated rings. The maximum absolute atomic E-state index is 10.7. The van der Waals surface area contributed by atoms with Gasteiger partial charge in [0.25, 0.3) is 0 Å². The lowest BCUT2D eigenvalue weighted by molar-refractivity contribution is -0.137. The van der Waals surface area contributed by atoms with Gasteiger partial charge in [0.2, 0.25) is 0 Å². The van der Waals surface area contributed by atoms with Crippen LogP contribution in [0.15, 0.2) is 30.3 Å². The SMILES string of the molecule is CCCCCCCCCCC(O)CC(CCCCC(=O)O)OCc1ccccc1. The largest absolute Gasteiger partial charge is 0.481 e. The van der Waals surface area contributed by atoms with Crippen molar-refractivity contribution >= 4 is 5.97 Å². The predicted molar refractivity (Wildman–Crippen MR) is 119 cm³/mol. The lowest BCUT2D eigenvalue weighted by Gasteiger charge is -2.21. The molecule has 2 atom stereocenters. The Kier molecular flexibility index (Phi) is 15.4. The molecule has 1 aromatic carbocycles. The summed E-state index contributed by atoms with van der Waals surface area (Å²) in [7, 11) is 0. The van der Waals surface area contributed by atoms with Crippen LogP contribution in [0.1, 0.15) is 102 Å². The molecule has 29 heavy (non-hydrogen) atoms. The second kappa shape index (κ2) is 17.5. The maximum atomic E-state index is 10.7. The van der Waals surface area contributed by atoms with Gasteiger partial charge in [0, 0.05) is 6.42 Å². The molecule has 2 unspecified atom stereocenters. The van der Waals surface area contributed by atoms with Crippen LogP contribution in [-0.4, -0.2) is 28.4 Å². The average Bonchev–Trinajstić information content (AvgIpc) is 2.71. The minimum atomic E-state index is -0.749. The molecule has 1 aromatic rings. The van der Waals surface area contributed by atoms with Gasteiger partial charge in [0.05, 0.1) is 18.8 Å². The summed E-state index contributed by atoms with van der Waals surface area (Å²) in [6.45, 7) is 2.78. The third-order valence-electron chi connectivity index (χ3n) is 5.42. The number of carboxylic acid groups (broad SMARTS) is 1. The van der Waals surface area contributed by atoms with Crippen LogP contribution in [0.5, 0.6) is 0 Å². The van der Waals surface area contributed by atoms with Crippen molar-refractivity contribution in [1.29, 1.82) is 0 Å². The van der Waals surface area contributed by atoms with Crippen molar-refractivity contribution in [3.63, 3.8) is 0 Å². The molecule has 0 bridgehead atoms. The molecule has 166 valence electrons. The summed E-state index contributed by atoms with van der Waals surface area (Å²) < 4.78 is 6.08. The first kappa shape index (κ1) is 25.6. The number of carbonyl (C=O) groups is 1. The quantitative estimate of drug-likeness (QED) is 0.257. The third-order valence-corrected chi connectivity index (χ3v) is 5.42. The van der Waals surface area contributed by atoms with E-state index in [0.717, 1.165) is 31.2 Å². The van der Waals surface area contributed by atoms with Crippen LogP contribution in [0.25, 0.3) is 0 Å². The molecule has 4 heteroatoms. The number of unbranched alkanes of at least 4 members (excludes halogenated alkanes) is 8. The predicted octanol–water partition coefficient (Wildman–Crippen LogP) is 6.50. The highest BCUT2D eigenvalue weighted by Crippen LogP contribution is 2.18. The smallest absolute Gasteiger partial charge is 0.303 e. The fourth-order valence-corrected chi connectivity index (χ4v) is 3.64. The van der Waals surface area contributed by atoms with Crippen LogP contribution in [-0.2, 0) is 16.1 Å². The van der Waals surface area contributed by atoms with E-state index in [0.29, 0.717) is 19.4 Å². The van der Waals surface area contributed by atoms with Crippen LogP contribution in [0.3, 0.4) is 0 Å². The lowest BCUT2D eigenvalue weighted by atomic mass is 10.00. The van der Waals surface area contributed by atoms with Crippen molar-refractivity contribution < 1.29 is 19.7 Å². The average molecular weight is 407 g/mol. The van der Waals surface area contributed by atoms with Gasteiger partial charge in [-0.05, 0) is 31.2 Å². The number of aliphatic hydroxyl groups is 1. The van der Waals surface area contributed by atoms with Crippen LogP contribution < -0.4 is 0 Å². The molecule has 2 N–H and O–H groups in total. The zero-order valence-electron chi connectivity index (χ0n) is 18.4. The van der Waals surface area contributed by atoms with E-state index in [1.165, 1.54) is 44.9 Å². The molecule has 0 saturated heterocycles. The first-order chi connectivity index (χ1) is 14.1. The summed E-state index contributed by atoms with van der Waals surface area (Å²) in [5, 5.41) is 19.3. The van der Waals surface area contributed by atoms with Gasteiger partial charge in [-0.25, -0.2) is 0 Å². The van der Waals surface area contributed by atoms with Crippen molar-refractivity contribution in [2.24, 2.45) is 0 Å². The van der Waals surface area contributed by atoms with Crippen molar-refractivity contribution in [3.05, 3.63) is 35.9 Å². The Hall–Kier alpha value is -1.39. The molecule has 0 heterocycles. The zero-order chi connectivity index (χ0) is 21.2. The van der Waals surface area contributed by atoms with Gasteiger partial charge in [-0.2, -0.15) is 0 Å². The lowest BCUT2D eigenvalue weighted by Crippen LogP contribution is -2.21. The highest BCUT2D eigenvalue weighted by molar-refractivity contribution is 5.66. The Morgan fingerprint density at radius 3 is 2.17 bits per heavy atom. The normalized spacial score (nSPS) is 13.3. The van der Waals surface area contributed by atoms with Gasteiger partial charge in [-0.1, -0.05) is 95.0 Å². The van der Waals surface area contributed by atoms with Gasteiger partial charge in [0.15, 0.2) is 0 Å². The maximum Gasteiger partial charge on any atom is 0.303 e. The van der Waals surface area contributed by atoms with Crippen molar-refractivity contribution in [1.82, 2.24) is 0 Å². The van der Waals surface area contributed by atoms with Crippen LogP contribution in [0, 0.1) is 0 Å². The molecule has 0 radical (unpaired) electrons. The van der Waals surface area contributed by atoms with Crippen LogP contribution >= 0.6 is 0 Å². The van der Waals surface area contributed by atoms with E-state index in [2.05, 4.69) is 6.92 Å². The first-order valence-electron chi connectivity index (χ1n) is 11.7. The number of aliphatic carboxylic acids is 1. The second-order valence-electron chi connectivity index (χ2n) is 8.21. The standard InChI is InChI=1S/C25H42O4/c1-2-3-4-5-6-7-8-12-17-23(26)20-24(18-13-14-19-25(27)28)29-21-22-15-10-9-11-16-22/h9-11,15-16,23-24,26H,2-8,12-14,17-21H2,1H3,(H,27,28). The molecule has 0 aromatic heterocycles. The Morgan fingerprint density at radius 2 is 1.52 bits per heavy atom. The zero-order valence-corrected chi connectivity index (χ0v) is 18.4. The van der Waals surface area contributed by atoms with Crippen molar-refractivity contribution in [2.45, 2.75) is 116 Å². The number of hydrogen-bond acceptors (Lipinski definition) is 3. The van der Waals surface area contributed by atoms with Crippen molar-refractivity contribution in [3.8, 4) is 0 Å². The highest BCUT2D eigenvalue weighted by Gasteiger charge is 2.15. The summed E-state index contributed by atoms with van der Waals surface area (Å²) in [4.78, 5) is 10.7. The van der Waals surface area contributed by atoms with Gasteiger partial charge < -0.3 is 14.9 Å². The van der Waals surface area contributed by atoms with E-state index in [1.54, 1.807) is 0 Å². The van der Waals surface area contributed by atoms with Gasteiger partial charge in [0.1, 0.15) is 0 Å². The molecule has 0 aliphatic rings. The van der Waals surface area contributed by atoms with E-state index in [1.807, 2.05) is 30.3 Å². The minimum absolute atomic E-state index is 0.0203. The first-order valence-corrected chi connectivity index (χ1v) is 11.7. The van der Waals surface area contributed by atoms with Crippen LogP contribution in [0.4, 0.5) is 0 Å². The molecule has 0 aliphatic heterocycles. The minimum Gasteiger partial charge on any atom is -0.481 e. The van der Waals surface area contributed by atoms with E-state index < -0.39 is 5.97 Å². The van der Waals surface area contributed by atoms with E-state index in [4.69, 9.17) is 9.84 Å². The molecular formula is C25H42O4. The Labute approximate surface area is 177 Å². The monoisotopic (exact) mass is 406 g/mol. The highest BCUT2D eigenvalue weighted by atomic mass is 16.5. The fourth-order valence-electron chi connectivity index (χ4n) is 3.64. The molecule has 0 aliphatic carbocycles. The number of rotatable bonds is 19. The Bertz CT molecular complexity index is 503. The van der Waals surface area contributed by atoms with E-state index >= 15 is 0 Å². The number of carboxylic acids is 1. The fraction of sp³-hybridized carbons (Fsp3) is 0.720. The molecule has 0 saturated carbocycles. The second-order valence-corrected chi connectivity index (χ2v) is 8.21. The molecule has 0 spiro atoms. The van der Waals surface area contributed by atoms with E-state index in [9.17, 15) is 9.90 Å². The number of hydrogen-bond donors (Lipinski definition) is 2. The molecule has 4 nitrogen and oxygen atoms in total. The summed E-state index contributed by atoms with van der Waals surface area (Å²) in [6.07, 6.45) is 13.7. The molecule has 0 amide bonds. The van der Waals surface area contributed by atoms with E-state index in [-0.39, 0.29) is 18.6 Å². The molecule has 1 rings (SSSR count).